The van der Waals surface area contributed by atoms with Crippen molar-refractivity contribution < 1.29 is 19.1 Å². The van der Waals surface area contributed by atoms with Gasteiger partial charge in [0.2, 0.25) is 0 Å². The van der Waals surface area contributed by atoms with Gasteiger partial charge in [-0.15, -0.1) is 0 Å². The summed E-state index contributed by atoms with van der Waals surface area (Å²) in [4.78, 5) is 36.2. The van der Waals surface area contributed by atoms with Crippen LogP contribution in [0.15, 0.2) is 29.4 Å². The second-order valence-corrected chi connectivity index (χ2v) is 5.19. The van der Waals surface area contributed by atoms with Gasteiger partial charge < -0.3 is 20.7 Å². The highest BCUT2D eigenvalue weighted by atomic mass is 16.5. The van der Waals surface area contributed by atoms with E-state index in [9.17, 15) is 14.4 Å². The van der Waals surface area contributed by atoms with Crippen molar-refractivity contribution in [3.05, 3.63) is 29.8 Å². The maximum absolute atomic E-state index is 11.9. The quantitative estimate of drug-likeness (QED) is 0.413. The van der Waals surface area contributed by atoms with Crippen LogP contribution in [0.2, 0.25) is 0 Å². The third-order valence-electron chi connectivity index (χ3n) is 3.57. The van der Waals surface area contributed by atoms with Gasteiger partial charge in [0.1, 0.15) is 24.6 Å². The van der Waals surface area contributed by atoms with Crippen LogP contribution in [0, 0.1) is 0 Å². The number of carbonyl (C=O) groups is 3. The Balaban J connectivity index is 1.54. The van der Waals surface area contributed by atoms with Gasteiger partial charge in [0.05, 0.1) is 13.3 Å². The molecule has 10 heteroatoms. The van der Waals surface area contributed by atoms with E-state index in [0.29, 0.717) is 5.75 Å². The summed E-state index contributed by atoms with van der Waals surface area (Å²) < 4.78 is 5.09. The zero-order valence-corrected chi connectivity index (χ0v) is 12.8. The largest absolute Gasteiger partial charge is 0.497 e. The second kappa shape index (κ2) is 6.44. The summed E-state index contributed by atoms with van der Waals surface area (Å²) >= 11 is 0. The van der Waals surface area contributed by atoms with Crippen LogP contribution < -0.4 is 26.1 Å². The number of amides is 5. The number of hydrazone groups is 1. The van der Waals surface area contributed by atoms with E-state index >= 15 is 0 Å². The molecule has 4 N–H and O–H groups in total. The first-order valence-corrected chi connectivity index (χ1v) is 7.17. The predicted molar refractivity (Wildman–Crippen MR) is 83.2 cm³/mol. The van der Waals surface area contributed by atoms with Crippen molar-refractivity contribution in [2.75, 3.05) is 13.7 Å². The van der Waals surface area contributed by atoms with E-state index in [-0.39, 0.29) is 6.54 Å². The Hall–Kier alpha value is -3.30. The van der Waals surface area contributed by atoms with Crippen molar-refractivity contribution in [1.82, 2.24) is 26.3 Å². The summed E-state index contributed by atoms with van der Waals surface area (Å²) in [6.45, 7) is -0.232. The monoisotopic (exact) mass is 332 g/mol. The Morgan fingerprint density at radius 3 is 3.00 bits per heavy atom. The van der Waals surface area contributed by atoms with Gasteiger partial charge in [-0.25, -0.2) is 15.0 Å². The number of hydrogen-bond acceptors (Lipinski definition) is 5. The molecule has 0 radical (unpaired) electrons. The Morgan fingerprint density at radius 2 is 2.21 bits per heavy atom. The van der Waals surface area contributed by atoms with Crippen LogP contribution in [0.25, 0.3) is 0 Å². The lowest BCUT2D eigenvalue weighted by atomic mass is 10.2. The first-order chi connectivity index (χ1) is 11.6. The van der Waals surface area contributed by atoms with Crippen molar-refractivity contribution in [2.24, 2.45) is 5.10 Å². The number of urea groups is 2. The van der Waals surface area contributed by atoms with Crippen LogP contribution in [-0.4, -0.2) is 55.1 Å². The summed E-state index contributed by atoms with van der Waals surface area (Å²) in [7, 11) is 1.56. The number of nitrogens with zero attached hydrogens (tertiary/aromatic N) is 2. The molecule has 5 amide bonds. The third kappa shape index (κ3) is 3.21. The zero-order chi connectivity index (χ0) is 17.1. The smallest absolute Gasteiger partial charge is 0.321 e. The van der Waals surface area contributed by atoms with Crippen molar-refractivity contribution in [2.45, 2.75) is 12.3 Å². The van der Waals surface area contributed by atoms with Gasteiger partial charge in [-0.05, 0) is 17.7 Å². The summed E-state index contributed by atoms with van der Waals surface area (Å²) in [5, 5.41) is 11.5. The zero-order valence-electron chi connectivity index (χ0n) is 12.8. The van der Waals surface area contributed by atoms with Gasteiger partial charge >= 0.3 is 12.1 Å². The van der Waals surface area contributed by atoms with E-state index < -0.39 is 30.3 Å². The van der Waals surface area contributed by atoms with E-state index in [1.807, 2.05) is 0 Å². The number of benzene rings is 1. The molecular weight excluding hydrogens is 316 g/mol. The minimum Gasteiger partial charge on any atom is -0.497 e. The fraction of sp³-hybridized carbons (Fsp3) is 0.286. The molecule has 0 saturated carbocycles. The molecule has 1 aromatic carbocycles. The molecule has 10 nitrogen and oxygen atoms in total. The maximum atomic E-state index is 11.9. The van der Waals surface area contributed by atoms with E-state index in [2.05, 4.69) is 26.5 Å². The van der Waals surface area contributed by atoms with Crippen LogP contribution in [-0.2, 0) is 4.79 Å². The van der Waals surface area contributed by atoms with Crippen molar-refractivity contribution in [3.8, 4) is 5.75 Å². The van der Waals surface area contributed by atoms with Gasteiger partial charge in [0, 0.05) is 0 Å². The Morgan fingerprint density at radius 1 is 1.38 bits per heavy atom. The molecule has 2 saturated heterocycles. The molecular formula is C14H16N6O4. The summed E-state index contributed by atoms with van der Waals surface area (Å²) in [6.07, 6.45) is 0.322. The van der Waals surface area contributed by atoms with Crippen LogP contribution in [0.4, 0.5) is 9.59 Å². The second-order valence-electron chi connectivity index (χ2n) is 5.19. The molecule has 2 atom stereocenters. The van der Waals surface area contributed by atoms with E-state index in [1.165, 1.54) is 11.1 Å². The topological polar surface area (TPSA) is 124 Å². The molecule has 0 bridgehead atoms. The van der Waals surface area contributed by atoms with Crippen LogP contribution >= 0.6 is 0 Å². The van der Waals surface area contributed by atoms with Gasteiger partial charge in [-0.1, -0.05) is 12.1 Å². The maximum Gasteiger partial charge on any atom is 0.321 e. The number of hydrogen-bond donors (Lipinski definition) is 4. The molecule has 2 aliphatic rings. The SMILES string of the molecule is COc1cccc(/C=N\NC(=O)CN2C(=O)N[C@H]3NC(=O)N[C@@H]32)c1. The van der Waals surface area contributed by atoms with Crippen LogP contribution in [0.5, 0.6) is 5.75 Å². The number of methoxy groups -OCH3 is 1. The highest BCUT2D eigenvalue weighted by Crippen LogP contribution is 2.13. The Labute approximate surface area is 137 Å². The van der Waals surface area contributed by atoms with Gasteiger partial charge in [-0.3, -0.25) is 9.69 Å². The molecule has 2 heterocycles. The normalized spacial score (nSPS) is 22.0. The van der Waals surface area contributed by atoms with Gasteiger partial charge in [0.25, 0.3) is 5.91 Å². The van der Waals surface area contributed by atoms with Gasteiger partial charge in [0.15, 0.2) is 0 Å². The first-order valence-electron chi connectivity index (χ1n) is 7.17. The summed E-state index contributed by atoms with van der Waals surface area (Å²) in [5.41, 5.74) is 3.09. The highest BCUT2D eigenvalue weighted by molar-refractivity contribution is 5.89. The third-order valence-corrected chi connectivity index (χ3v) is 3.57. The molecule has 2 aliphatic heterocycles. The molecule has 24 heavy (non-hydrogen) atoms. The number of ether oxygens (including phenoxy) is 1. The molecule has 1 aromatic rings. The number of carbonyl (C=O) groups excluding carboxylic acids is 3. The molecule has 126 valence electrons. The average Bonchev–Trinajstić information content (AvgIpc) is 3.04. The molecule has 0 aliphatic carbocycles. The van der Waals surface area contributed by atoms with Crippen molar-refractivity contribution in [1.29, 1.82) is 0 Å². The Bertz CT molecular complexity index is 706. The van der Waals surface area contributed by atoms with Crippen LogP contribution in [0.1, 0.15) is 5.56 Å². The average molecular weight is 332 g/mol. The summed E-state index contributed by atoms with van der Waals surface area (Å²) in [5.74, 6) is 0.195. The number of fused-ring (bicyclic) bond motifs is 1. The number of nitrogens with one attached hydrogen (secondary N) is 4. The lowest BCUT2D eigenvalue weighted by molar-refractivity contribution is -0.121. The minimum absolute atomic E-state index is 0.232. The Kier molecular flexibility index (Phi) is 4.18. The molecule has 2 fully saturated rings. The summed E-state index contributed by atoms with van der Waals surface area (Å²) in [6, 6.07) is 6.31. The van der Waals surface area contributed by atoms with E-state index in [4.69, 9.17) is 4.74 Å². The minimum atomic E-state index is -0.599. The number of rotatable bonds is 5. The fourth-order valence-electron chi connectivity index (χ4n) is 2.46. The van der Waals surface area contributed by atoms with Gasteiger partial charge in [-0.2, -0.15) is 5.10 Å². The predicted octanol–water partition coefficient (Wildman–Crippen LogP) is -0.864. The van der Waals surface area contributed by atoms with Crippen molar-refractivity contribution in [3.63, 3.8) is 0 Å². The highest BCUT2D eigenvalue weighted by Gasteiger charge is 2.45. The van der Waals surface area contributed by atoms with E-state index in [1.54, 1.807) is 31.4 Å². The van der Waals surface area contributed by atoms with Crippen molar-refractivity contribution >= 4 is 24.2 Å². The molecule has 0 unspecified atom stereocenters. The lowest BCUT2D eigenvalue weighted by Gasteiger charge is -2.19. The van der Waals surface area contributed by atoms with Crippen LogP contribution in [0.3, 0.4) is 0 Å². The first kappa shape index (κ1) is 15.6. The molecule has 0 spiro atoms. The lowest BCUT2D eigenvalue weighted by Crippen LogP contribution is -2.47. The van der Waals surface area contributed by atoms with E-state index in [0.717, 1.165) is 5.56 Å². The fourth-order valence-corrected chi connectivity index (χ4v) is 2.46. The standard InChI is InChI=1S/C14H16N6O4/c1-24-9-4-2-3-8(5-9)6-15-19-10(21)7-20-12-11(17-14(20)23)16-13(22)18-12/h2-6,11-12H,7H2,1H3,(H,17,23)(H,19,21)(H2,16,18,22)/b15-6-/t11-,12-/m1/s1. The molecule has 3 rings (SSSR count). The molecule has 0 aromatic heterocycles.